The summed E-state index contributed by atoms with van der Waals surface area (Å²) in [5.41, 5.74) is -3.58. The van der Waals surface area contributed by atoms with Crippen LogP contribution in [0, 0.1) is 0 Å². The van der Waals surface area contributed by atoms with Crippen LogP contribution in [0.4, 0.5) is 13.2 Å². The molecule has 1 atom stereocenters. The van der Waals surface area contributed by atoms with Gasteiger partial charge in [-0.2, -0.15) is 13.2 Å². The molecule has 2 N–H and O–H groups in total. The first-order valence-electron chi connectivity index (χ1n) is 5.95. The van der Waals surface area contributed by atoms with Crippen LogP contribution in [-0.2, 0) is 0 Å². The zero-order valence-corrected chi connectivity index (χ0v) is 11.3. The SMILES string of the molecule is OC(CNCCSC(F)(F)F)c1ccc2c(c1)OCO2. The highest BCUT2D eigenvalue weighted by Gasteiger charge is 2.27. The Morgan fingerprint density at radius 3 is 2.80 bits per heavy atom. The summed E-state index contributed by atoms with van der Waals surface area (Å²) in [4.78, 5) is 0. The number of ether oxygens (including phenoxy) is 2. The minimum Gasteiger partial charge on any atom is -0.454 e. The average Bonchev–Trinajstić information content (AvgIpc) is 2.83. The van der Waals surface area contributed by atoms with Crippen molar-refractivity contribution in [3.63, 3.8) is 0 Å². The lowest BCUT2D eigenvalue weighted by Gasteiger charge is -2.13. The minimum atomic E-state index is -4.21. The average molecular weight is 309 g/mol. The normalized spacial score (nSPS) is 15.4. The molecule has 1 aromatic rings. The van der Waals surface area contributed by atoms with E-state index in [1.54, 1.807) is 18.2 Å². The lowest BCUT2D eigenvalue weighted by molar-refractivity contribution is -0.0327. The molecule has 0 aliphatic carbocycles. The van der Waals surface area contributed by atoms with Gasteiger partial charge >= 0.3 is 5.51 Å². The molecule has 0 spiro atoms. The molecular weight excluding hydrogens is 295 g/mol. The molecule has 0 amide bonds. The van der Waals surface area contributed by atoms with E-state index < -0.39 is 11.6 Å². The molecule has 112 valence electrons. The summed E-state index contributed by atoms with van der Waals surface area (Å²) in [6.07, 6.45) is -0.805. The molecule has 0 aromatic heterocycles. The molecule has 1 aliphatic rings. The lowest BCUT2D eigenvalue weighted by Crippen LogP contribution is -2.24. The molecular formula is C12H14F3NO3S. The van der Waals surface area contributed by atoms with Gasteiger partial charge in [-0.3, -0.25) is 0 Å². The summed E-state index contributed by atoms with van der Waals surface area (Å²) < 4.78 is 46.0. The van der Waals surface area contributed by atoms with Crippen molar-refractivity contribution >= 4 is 11.8 Å². The Balaban J connectivity index is 1.73. The highest BCUT2D eigenvalue weighted by atomic mass is 32.2. The highest BCUT2D eigenvalue weighted by Crippen LogP contribution is 2.34. The Labute approximate surface area is 118 Å². The molecule has 1 aliphatic heterocycles. The summed E-state index contributed by atoms with van der Waals surface area (Å²) in [6.45, 7) is 0.506. The molecule has 0 radical (unpaired) electrons. The molecule has 1 heterocycles. The molecule has 20 heavy (non-hydrogen) atoms. The van der Waals surface area contributed by atoms with Gasteiger partial charge in [0, 0.05) is 18.8 Å². The van der Waals surface area contributed by atoms with Gasteiger partial charge in [-0.15, -0.1) is 0 Å². The summed E-state index contributed by atoms with van der Waals surface area (Å²) in [6, 6.07) is 5.06. The van der Waals surface area contributed by atoms with Crippen molar-refractivity contribution in [2.45, 2.75) is 11.6 Å². The van der Waals surface area contributed by atoms with E-state index in [0.717, 1.165) is 0 Å². The van der Waals surface area contributed by atoms with Gasteiger partial charge in [-0.1, -0.05) is 6.07 Å². The quantitative estimate of drug-likeness (QED) is 0.790. The molecule has 0 saturated heterocycles. The zero-order valence-electron chi connectivity index (χ0n) is 10.4. The second-order valence-corrected chi connectivity index (χ2v) is 5.29. The van der Waals surface area contributed by atoms with Gasteiger partial charge in [-0.25, -0.2) is 0 Å². The van der Waals surface area contributed by atoms with Crippen molar-refractivity contribution < 1.29 is 27.8 Å². The van der Waals surface area contributed by atoms with Gasteiger partial charge in [-0.05, 0) is 29.5 Å². The fourth-order valence-corrected chi connectivity index (χ4v) is 2.19. The Morgan fingerprint density at radius 1 is 1.30 bits per heavy atom. The largest absolute Gasteiger partial charge is 0.454 e. The number of alkyl halides is 3. The monoisotopic (exact) mass is 309 g/mol. The van der Waals surface area contributed by atoms with Crippen molar-refractivity contribution in [1.29, 1.82) is 0 Å². The van der Waals surface area contributed by atoms with Crippen LogP contribution in [0.15, 0.2) is 18.2 Å². The summed E-state index contributed by atoms with van der Waals surface area (Å²) in [5.74, 6) is 1.10. The van der Waals surface area contributed by atoms with E-state index in [2.05, 4.69) is 5.32 Å². The molecule has 0 saturated carbocycles. The van der Waals surface area contributed by atoms with Crippen LogP contribution in [0.1, 0.15) is 11.7 Å². The number of hydrogen-bond acceptors (Lipinski definition) is 5. The molecule has 2 rings (SSSR count). The topological polar surface area (TPSA) is 50.7 Å². The Hall–Kier alpha value is -1.12. The van der Waals surface area contributed by atoms with E-state index in [1.165, 1.54) is 0 Å². The van der Waals surface area contributed by atoms with Crippen molar-refractivity contribution in [1.82, 2.24) is 5.32 Å². The Bertz CT molecular complexity index is 456. The fraction of sp³-hybridized carbons (Fsp3) is 0.500. The van der Waals surface area contributed by atoms with Gasteiger partial charge in [0.25, 0.3) is 0 Å². The van der Waals surface area contributed by atoms with E-state index in [-0.39, 0.29) is 37.4 Å². The second-order valence-electron chi connectivity index (χ2n) is 4.13. The van der Waals surface area contributed by atoms with Crippen molar-refractivity contribution in [2.24, 2.45) is 0 Å². The maximum atomic E-state index is 11.9. The number of benzene rings is 1. The third-order valence-electron chi connectivity index (χ3n) is 2.66. The third kappa shape index (κ3) is 4.46. The van der Waals surface area contributed by atoms with Crippen LogP contribution in [0.3, 0.4) is 0 Å². The summed E-state index contributed by atoms with van der Waals surface area (Å²) >= 11 is -0.0833. The van der Waals surface area contributed by atoms with E-state index in [0.29, 0.717) is 17.1 Å². The number of nitrogens with one attached hydrogen (secondary N) is 1. The highest BCUT2D eigenvalue weighted by molar-refractivity contribution is 8.00. The van der Waals surface area contributed by atoms with Crippen molar-refractivity contribution in [2.75, 3.05) is 25.6 Å². The van der Waals surface area contributed by atoms with Gasteiger partial charge < -0.3 is 19.9 Å². The van der Waals surface area contributed by atoms with E-state index in [4.69, 9.17) is 9.47 Å². The van der Waals surface area contributed by atoms with Crippen molar-refractivity contribution in [3.8, 4) is 11.5 Å². The van der Waals surface area contributed by atoms with Gasteiger partial charge in [0.2, 0.25) is 6.79 Å². The smallest absolute Gasteiger partial charge is 0.441 e. The van der Waals surface area contributed by atoms with Gasteiger partial charge in [0.1, 0.15) is 0 Å². The van der Waals surface area contributed by atoms with Crippen LogP contribution in [0.5, 0.6) is 11.5 Å². The third-order valence-corrected chi connectivity index (χ3v) is 3.40. The first-order valence-corrected chi connectivity index (χ1v) is 6.93. The molecule has 1 aromatic carbocycles. The molecule has 0 bridgehead atoms. The predicted octanol–water partition coefficient (Wildman–Crippen LogP) is 2.29. The molecule has 0 fully saturated rings. The molecule has 4 nitrogen and oxygen atoms in total. The maximum absolute atomic E-state index is 11.9. The Morgan fingerprint density at radius 2 is 2.05 bits per heavy atom. The standard InChI is InChI=1S/C12H14F3NO3S/c13-12(14,15)20-4-3-16-6-9(17)8-1-2-10-11(5-8)19-7-18-10/h1-2,5,9,16-17H,3-4,6-7H2. The molecule has 8 heteroatoms. The number of aliphatic hydroxyl groups excluding tert-OH is 1. The fourth-order valence-electron chi connectivity index (χ4n) is 1.72. The van der Waals surface area contributed by atoms with Crippen LogP contribution >= 0.6 is 11.8 Å². The number of fused-ring (bicyclic) bond motifs is 1. The minimum absolute atomic E-state index is 0.0833. The maximum Gasteiger partial charge on any atom is 0.441 e. The summed E-state index contributed by atoms with van der Waals surface area (Å²) in [5, 5.41) is 12.7. The van der Waals surface area contributed by atoms with Gasteiger partial charge in [0.15, 0.2) is 11.5 Å². The van der Waals surface area contributed by atoms with Gasteiger partial charge in [0.05, 0.1) is 6.10 Å². The number of thioether (sulfide) groups is 1. The first kappa shape index (κ1) is 15.3. The van der Waals surface area contributed by atoms with E-state index in [9.17, 15) is 18.3 Å². The van der Waals surface area contributed by atoms with Crippen LogP contribution < -0.4 is 14.8 Å². The number of rotatable bonds is 6. The van der Waals surface area contributed by atoms with Crippen LogP contribution in [0.25, 0.3) is 0 Å². The van der Waals surface area contributed by atoms with Crippen LogP contribution in [0.2, 0.25) is 0 Å². The van der Waals surface area contributed by atoms with E-state index >= 15 is 0 Å². The lowest BCUT2D eigenvalue weighted by atomic mass is 10.1. The number of halogens is 3. The Kier molecular flexibility index (Phi) is 5.00. The second kappa shape index (κ2) is 6.55. The predicted molar refractivity (Wildman–Crippen MR) is 68.9 cm³/mol. The number of hydrogen-bond donors (Lipinski definition) is 2. The summed E-state index contributed by atoms with van der Waals surface area (Å²) in [7, 11) is 0. The number of aliphatic hydroxyl groups is 1. The zero-order chi connectivity index (χ0) is 14.6. The van der Waals surface area contributed by atoms with Crippen molar-refractivity contribution in [3.05, 3.63) is 23.8 Å². The van der Waals surface area contributed by atoms with E-state index in [1.807, 2.05) is 0 Å². The van der Waals surface area contributed by atoms with Crippen LogP contribution in [-0.4, -0.2) is 36.3 Å². The first-order chi connectivity index (χ1) is 9.46. The molecule has 1 unspecified atom stereocenters.